The molecule has 0 saturated carbocycles. The summed E-state index contributed by atoms with van der Waals surface area (Å²) < 4.78 is 2.39. The zero-order valence-corrected chi connectivity index (χ0v) is 9.62. The number of para-hydroxylation sites is 1. The molecule has 1 nitrogen and oxygen atoms in total. The summed E-state index contributed by atoms with van der Waals surface area (Å²) in [7, 11) is 0. The summed E-state index contributed by atoms with van der Waals surface area (Å²) >= 11 is 3.51. The van der Waals surface area contributed by atoms with Crippen LogP contribution in [0.2, 0.25) is 0 Å². The van der Waals surface area contributed by atoms with Crippen molar-refractivity contribution in [3.8, 4) is 0 Å². The molecule has 0 aliphatic heterocycles. The summed E-state index contributed by atoms with van der Waals surface area (Å²) in [6.07, 6.45) is 0. The average Bonchev–Trinajstić information content (AvgIpc) is 2.57. The van der Waals surface area contributed by atoms with Crippen LogP contribution in [0.15, 0.2) is 40.8 Å². The topological polar surface area (TPSA) is 12.9 Å². The van der Waals surface area contributed by atoms with Gasteiger partial charge in [0.05, 0.1) is 10.2 Å². The van der Waals surface area contributed by atoms with Crippen molar-refractivity contribution in [1.82, 2.24) is 4.98 Å². The molecular formula is C11H11NS2. The largest absolute Gasteiger partial charge is 0.230 e. The van der Waals surface area contributed by atoms with Gasteiger partial charge in [0.1, 0.15) is 0 Å². The first-order valence-electron chi connectivity index (χ1n) is 4.38. The Bertz CT molecular complexity index is 426. The first-order valence-corrected chi connectivity index (χ1v) is 6.18. The van der Waals surface area contributed by atoms with Crippen LogP contribution in [0.25, 0.3) is 10.2 Å². The molecule has 0 fully saturated rings. The van der Waals surface area contributed by atoms with Gasteiger partial charge in [0, 0.05) is 5.75 Å². The second-order valence-electron chi connectivity index (χ2n) is 3.19. The molecule has 1 heterocycles. The van der Waals surface area contributed by atoms with Crippen molar-refractivity contribution in [1.29, 1.82) is 0 Å². The Morgan fingerprint density at radius 3 is 3.00 bits per heavy atom. The van der Waals surface area contributed by atoms with E-state index in [1.165, 1.54) is 10.3 Å². The van der Waals surface area contributed by atoms with Gasteiger partial charge in [0.25, 0.3) is 0 Å². The fourth-order valence-corrected chi connectivity index (χ4v) is 3.01. The van der Waals surface area contributed by atoms with E-state index in [2.05, 4.69) is 23.7 Å². The molecule has 0 amide bonds. The van der Waals surface area contributed by atoms with Crippen LogP contribution >= 0.6 is 23.1 Å². The van der Waals surface area contributed by atoms with Gasteiger partial charge in [-0.3, -0.25) is 0 Å². The Kier molecular flexibility index (Phi) is 2.89. The lowest BCUT2D eigenvalue weighted by Gasteiger charge is -1.93. The van der Waals surface area contributed by atoms with E-state index >= 15 is 0 Å². The highest BCUT2D eigenvalue weighted by Crippen LogP contribution is 2.29. The molecule has 0 aliphatic carbocycles. The summed E-state index contributed by atoms with van der Waals surface area (Å²) in [5, 5.41) is 0. The summed E-state index contributed by atoms with van der Waals surface area (Å²) in [6.45, 7) is 5.92. The second-order valence-corrected chi connectivity index (χ2v) is 5.45. The van der Waals surface area contributed by atoms with Crippen LogP contribution in [0.4, 0.5) is 0 Å². The Labute approximate surface area is 91.9 Å². The minimum Gasteiger partial charge on any atom is -0.230 e. The van der Waals surface area contributed by atoms with E-state index in [0.29, 0.717) is 0 Å². The van der Waals surface area contributed by atoms with Crippen molar-refractivity contribution in [2.24, 2.45) is 0 Å². The Balaban J connectivity index is 2.22. The molecule has 0 saturated heterocycles. The lowest BCUT2D eigenvalue weighted by atomic mass is 10.3. The minimum atomic E-state index is 0.958. The first kappa shape index (κ1) is 9.74. The number of hydrogen-bond acceptors (Lipinski definition) is 3. The van der Waals surface area contributed by atoms with E-state index in [-0.39, 0.29) is 0 Å². The number of fused-ring (bicyclic) bond motifs is 1. The van der Waals surface area contributed by atoms with Gasteiger partial charge in [-0.25, -0.2) is 4.98 Å². The van der Waals surface area contributed by atoms with Gasteiger partial charge in [0.15, 0.2) is 4.34 Å². The number of hydrogen-bond donors (Lipinski definition) is 0. The van der Waals surface area contributed by atoms with Crippen molar-refractivity contribution in [3.63, 3.8) is 0 Å². The van der Waals surface area contributed by atoms with E-state index < -0.39 is 0 Å². The number of aromatic nitrogens is 1. The predicted octanol–water partition coefficient (Wildman–Crippen LogP) is 3.96. The molecule has 3 heteroatoms. The Hall–Kier alpha value is -0.800. The molecule has 0 unspecified atom stereocenters. The molecule has 0 N–H and O–H groups in total. The molecule has 2 aromatic rings. The SMILES string of the molecule is C=C(C)CSc1nc2ccccc2s1. The van der Waals surface area contributed by atoms with Crippen molar-refractivity contribution in [2.45, 2.75) is 11.3 Å². The molecule has 0 aliphatic rings. The van der Waals surface area contributed by atoms with E-state index in [1.807, 2.05) is 19.1 Å². The first-order chi connectivity index (χ1) is 6.75. The predicted molar refractivity (Wildman–Crippen MR) is 65.2 cm³/mol. The van der Waals surface area contributed by atoms with Gasteiger partial charge in [-0.1, -0.05) is 36.0 Å². The zero-order chi connectivity index (χ0) is 9.97. The number of rotatable bonds is 3. The molecule has 1 aromatic heterocycles. The smallest absolute Gasteiger partial charge is 0.151 e. The highest BCUT2D eigenvalue weighted by Gasteiger charge is 2.02. The third-order valence-corrected chi connectivity index (χ3v) is 4.13. The van der Waals surface area contributed by atoms with Crippen molar-refractivity contribution in [3.05, 3.63) is 36.4 Å². The van der Waals surface area contributed by atoms with Crippen molar-refractivity contribution < 1.29 is 0 Å². The highest BCUT2D eigenvalue weighted by atomic mass is 32.2. The Morgan fingerprint density at radius 1 is 1.50 bits per heavy atom. The van der Waals surface area contributed by atoms with E-state index in [9.17, 15) is 0 Å². The van der Waals surface area contributed by atoms with Crippen molar-refractivity contribution in [2.75, 3.05) is 5.75 Å². The monoisotopic (exact) mass is 221 g/mol. The number of nitrogens with zero attached hydrogens (tertiary/aromatic N) is 1. The number of benzene rings is 1. The van der Waals surface area contributed by atoms with Crippen LogP contribution < -0.4 is 0 Å². The van der Waals surface area contributed by atoms with Crippen LogP contribution in [-0.4, -0.2) is 10.7 Å². The molecule has 0 radical (unpaired) electrons. The maximum atomic E-state index is 4.53. The quantitative estimate of drug-likeness (QED) is 0.574. The number of thioether (sulfide) groups is 1. The fourth-order valence-electron chi connectivity index (χ4n) is 1.10. The third kappa shape index (κ3) is 2.16. The summed E-state index contributed by atoms with van der Waals surface area (Å²) in [4.78, 5) is 4.53. The van der Waals surface area contributed by atoms with E-state index in [1.54, 1.807) is 23.1 Å². The average molecular weight is 221 g/mol. The number of thiazole rings is 1. The van der Waals surface area contributed by atoms with E-state index in [0.717, 1.165) is 15.6 Å². The van der Waals surface area contributed by atoms with Crippen LogP contribution in [0, 0.1) is 0 Å². The molecule has 2 rings (SSSR count). The molecule has 72 valence electrons. The maximum Gasteiger partial charge on any atom is 0.151 e. The van der Waals surface area contributed by atoms with Gasteiger partial charge >= 0.3 is 0 Å². The third-order valence-electron chi connectivity index (χ3n) is 1.72. The zero-order valence-electron chi connectivity index (χ0n) is 7.99. The summed E-state index contributed by atoms with van der Waals surface area (Å²) in [5.41, 5.74) is 2.29. The second kappa shape index (κ2) is 4.15. The fraction of sp³-hybridized carbons (Fsp3) is 0.182. The van der Waals surface area contributed by atoms with Crippen LogP contribution in [-0.2, 0) is 0 Å². The lowest BCUT2D eigenvalue weighted by molar-refractivity contribution is 1.30. The normalized spacial score (nSPS) is 10.6. The summed E-state index contributed by atoms with van der Waals surface area (Å²) in [6, 6.07) is 8.23. The van der Waals surface area contributed by atoms with Gasteiger partial charge in [0.2, 0.25) is 0 Å². The van der Waals surface area contributed by atoms with E-state index in [4.69, 9.17) is 0 Å². The minimum absolute atomic E-state index is 0.958. The van der Waals surface area contributed by atoms with Crippen LogP contribution in [0.5, 0.6) is 0 Å². The van der Waals surface area contributed by atoms with Crippen LogP contribution in [0.3, 0.4) is 0 Å². The molecule has 1 aromatic carbocycles. The van der Waals surface area contributed by atoms with Crippen molar-refractivity contribution >= 4 is 33.3 Å². The molecule has 14 heavy (non-hydrogen) atoms. The lowest BCUT2D eigenvalue weighted by Crippen LogP contribution is -1.77. The van der Waals surface area contributed by atoms with Gasteiger partial charge in [-0.05, 0) is 19.1 Å². The maximum absolute atomic E-state index is 4.53. The van der Waals surface area contributed by atoms with Gasteiger partial charge in [-0.2, -0.15) is 0 Å². The Morgan fingerprint density at radius 2 is 2.29 bits per heavy atom. The standard InChI is InChI=1S/C11H11NS2/c1-8(2)7-13-11-12-9-5-3-4-6-10(9)14-11/h3-6H,1,7H2,2H3. The molecule has 0 spiro atoms. The summed E-state index contributed by atoms with van der Waals surface area (Å²) in [5.74, 6) is 0.958. The molecule has 0 bridgehead atoms. The van der Waals surface area contributed by atoms with Gasteiger partial charge in [-0.15, -0.1) is 11.3 Å². The highest BCUT2D eigenvalue weighted by molar-refractivity contribution is 8.01. The van der Waals surface area contributed by atoms with Gasteiger partial charge < -0.3 is 0 Å². The molecular weight excluding hydrogens is 210 g/mol. The van der Waals surface area contributed by atoms with Crippen LogP contribution in [0.1, 0.15) is 6.92 Å². The molecule has 0 atom stereocenters.